The van der Waals surface area contributed by atoms with Crippen molar-refractivity contribution in [3.8, 4) is 0 Å². The second-order valence-corrected chi connectivity index (χ2v) is 7.22. The Morgan fingerprint density at radius 1 is 0.909 bits per heavy atom. The number of pyridine rings is 2. The first-order valence-corrected chi connectivity index (χ1v) is 9.95. The molecule has 0 fully saturated rings. The van der Waals surface area contributed by atoms with E-state index in [0.29, 0.717) is 27.7 Å². The molecule has 2 aromatic heterocycles. The summed E-state index contributed by atoms with van der Waals surface area (Å²) in [7, 11) is 0. The number of nitrogens with zero attached hydrogens (tertiary/aromatic N) is 2. The maximum Gasteiger partial charge on any atom is 0.418 e. The third-order valence-corrected chi connectivity index (χ3v) is 5.05. The van der Waals surface area contributed by atoms with Gasteiger partial charge in [-0.15, -0.1) is 0 Å². The molecule has 4 aromatic rings. The molecule has 0 aliphatic rings. The van der Waals surface area contributed by atoms with Crippen molar-refractivity contribution in [2.24, 2.45) is 0 Å². The zero-order chi connectivity index (χ0) is 23.4. The Kier molecular flexibility index (Phi) is 6.21. The molecule has 2 heterocycles. The molecule has 0 aliphatic heterocycles. The van der Waals surface area contributed by atoms with E-state index < -0.39 is 30.5 Å². The van der Waals surface area contributed by atoms with Crippen molar-refractivity contribution < 1.29 is 22.4 Å². The number of rotatable bonds is 5. The van der Waals surface area contributed by atoms with Gasteiger partial charge in [0.25, 0.3) is 0 Å². The van der Waals surface area contributed by atoms with Crippen molar-refractivity contribution in [2.75, 3.05) is 5.32 Å². The molecule has 9 heteroatoms. The molecule has 33 heavy (non-hydrogen) atoms. The Labute approximate surface area is 186 Å². The first-order chi connectivity index (χ1) is 15.9. The van der Waals surface area contributed by atoms with Crippen molar-refractivity contribution in [1.29, 1.82) is 0 Å². The number of aromatic nitrogens is 2. The molecule has 0 spiro atoms. The van der Waals surface area contributed by atoms with Crippen LogP contribution in [0.1, 0.15) is 28.4 Å². The van der Waals surface area contributed by atoms with Crippen LogP contribution in [0.4, 0.5) is 28.0 Å². The number of nitrogens with one attached hydrogen (secondary N) is 2. The van der Waals surface area contributed by atoms with Gasteiger partial charge in [-0.3, -0.25) is 9.97 Å². The molecule has 0 radical (unpaired) electrons. The summed E-state index contributed by atoms with van der Waals surface area (Å²) in [6.07, 6.45) is -1.84. The van der Waals surface area contributed by atoms with Crippen molar-refractivity contribution in [3.63, 3.8) is 0 Å². The lowest BCUT2D eigenvalue weighted by Gasteiger charge is -2.23. The number of hydrogen-bond donors (Lipinski definition) is 2. The van der Waals surface area contributed by atoms with Gasteiger partial charge in [-0.05, 0) is 47.5 Å². The van der Waals surface area contributed by atoms with Crippen molar-refractivity contribution in [2.45, 2.75) is 18.9 Å². The van der Waals surface area contributed by atoms with E-state index in [1.807, 2.05) is 0 Å². The summed E-state index contributed by atoms with van der Waals surface area (Å²) < 4.78 is 54.0. The van der Waals surface area contributed by atoms with Crippen LogP contribution in [0, 0.1) is 0 Å². The summed E-state index contributed by atoms with van der Waals surface area (Å²) in [6.45, 7) is -0.717. The molecule has 0 saturated heterocycles. The molecule has 0 saturated carbocycles. The van der Waals surface area contributed by atoms with E-state index in [-0.39, 0.29) is 5.69 Å². The molecule has 5 nitrogen and oxygen atoms in total. The number of alkyl halides is 4. The van der Waals surface area contributed by atoms with Gasteiger partial charge in [-0.2, -0.15) is 13.2 Å². The fourth-order valence-corrected chi connectivity index (χ4v) is 3.50. The number of urea groups is 1. The number of amides is 2. The summed E-state index contributed by atoms with van der Waals surface area (Å²) in [5.41, 5.74) is 0.444. The molecule has 2 N–H and O–H groups in total. The van der Waals surface area contributed by atoms with Gasteiger partial charge in [0.2, 0.25) is 0 Å². The second kappa shape index (κ2) is 9.23. The number of benzene rings is 2. The van der Waals surface area contributed by atoms with E-state index in [4.69, 9.17) is 0 Å². The Morgan fingerprint density at radius 3 is 2.36 bits per heavy atom. The number of fused-ring (bicyclic) bond motifs is 1. The lowest BCUT2D eigenvalue weighted by molar-refractivity contribution is -0.138. The lowest BCUT2D eigenvalue weighted by Crippen LogP contribution is -2.35. The van der Waals surface area contributed by atoms with Gasteiger partial charge >= 0.3 is 12.2 Å². The molecule has 2 aromatic carbocycles. The first-order valence-electron chi connectivity index (χ1n) is 9.95. The third kappa shape index (κ3) is 4.92. The normalized spacial score (nSPS) is 12.4. The van der Waals surface area contributed by atoms with Crippen LogP contribution in [0.25, 0.3) is 10.9 Å². The quantitative estimate of drug-likeness (QED) is 0.362. The minimum absolute atomic E-state index is 0.325. The Morgan fingerprint density at radius 2 is 1.64 bits per heavy atom. The van der Waals surface area contributed by atoms with E-state index in [1.54, 1.807) is 36.5 Å². The largest absolute Gasteiger partial charge is 0.418 e. The highest BCUT2D eigenvalue weighted by Gasteiger charge is 2.37. The minimum Gasteiger partial charge on any atom is -0.325 e. The van der Waals surface area contributed by atoms with Gasteiger partial charge in [0.15, 0.2) is 0 Å². The molecule has 0 aliphatic carbocycles. The SMILES string of the molecule is O=C(Nc1cccc2ncccc12)N[C@@H](c1ccc(CF)cc1)c1ncccc1C(F)(F)F. The molecule has 168 valence electrons. The minimum atomic E-state index is -4.68. The Bertz CT molecular complexity index is 1270. The van der Waals surface area contributed by atoms with Crippen LogP contribution in [0.3, 0.4) is 0 Å². The van der Waals surface area contributed by atoms with Crippen LogP contribution in [0.15, 0.2) is 79.1 Å². The van der Waals surface area contributed by atoms with Crippen LogP contribution in [0.5, 0.6) is 0 Å². The average Bonchev–Trinajstić information content (AvgIpc) is 2.82. The van der Waals surface area contributed by atoms with E-state index in [9.17, 15) is 22.4 Å². The molecule has 0 bridgehead atoms. The van der Waals surface area contributed by atoms with Gasteiger partial charge in [0.1, 0.15) is 6.67 Å². The number of carbonyl (C=O) groups excluding carboxylic acids is 1. The highest BCUT2D eigenvalue weighted by molar-refractivity contribution is 6.00. The monoisotopic (exact) mass is 454 g/mol. The highest BCUT2D eigenvalue weighted by atomic mass is 19.4. The van der Waals surface area contributed by atoms with Gasteiger partial charge in [-0.25, -0.2) is 9.18 Å². The second-order valence-electron chi connectivity index (χ2n) is 7.22. The molecular weight excluding hydrogens is 436 g/mol. The number of carbonyl (C=O) groups is 1. The summed E-state index contributed by atoms with van der Waals surface area (Å²) >= 11 is 0. The van der Waals surface area contributed by atoms with Crippen molar-refractivity contribution in [1.82, 2.24) is 15.3 Å². The topological polar surface area (TPSA) is 66.9 Å². The summed E-state index contributed by atoms with van der Waals surface area (Å²) in [5.74, 6) is 0. The maximum atomic E-state index is 13.7. The summed E-state index contributed by atoms with van der Waals surface area (Å²) in [6, 6.07) is 14.6. The fraction of sp³-hybridized carbons (Fsp3) is 0.125. The van der Waals surface area contributed by atoms with Crippen LogP contribution in [0.2, 0.25) is 0 Å². The molecule has 0 unspecified atom stereocenters. The van der Waals surface area contributed by atoms with E-state index in [2.05, 4.69) is 20.6 Å². The van der Waals surface area contributed by atoms with Crippen LogP contribution < -0.4 is 10.6 Å². The number of anilines is 1. The van der Waals surface area contributed by atoms with Gasteiger partial charge in [-0.1, -0.05) is 30.3 Å². The maximum absolute atomic E-state index is 13.7. The van der Waals surface area contributed by atoms with Gasteiger partial charge in [0, 0.05) is 17.8 Å². The fourth-order valence-electron chi connectivity index (χ4n) is 3.50. The molecular formula is C24H18F4N4O. The Hall–Kier alpha value is -4.01. The predicted molar refractivity (Wildman–Crippen MR) is 116 cm³/mol. The molecule has 1 atom stereocenters. The van der Waals surface area contributed by atoms with Gasteiger partial charge < -0.3 is 10.6 Å². The summed E-state index contributed by atoms with van der Waals surface area (Å²) in [5, 5.41) is 5.94. The average molecular weight is 454 g/mol. The molecule has 4 rings (SSSR count). The highest BCUT2D eigenvalue weighted by Crippen LogP contribution is 2.35. The third-order valence-electron chi connectivity index (χ3n) is 5.05. The smallest absolute Gasteiger partial charge is 0.325 e. The van der Waals surface area contributed by atoms with E-state index in [0.717, 1.165) is 6.07 Å². The number of halogens is 4. The zero-order valence-electron chi connectivity index (χ0n) is 17.1. The van der Waals surface area contributed by atoms with Crippen LogP contribution in [-0.4, -0.2) is 16.0 Å². The van der Waals surface area contributed by atoms with Gasteiger partial charge in [0.05, 0.1) is 28.5 Å². The first kappa shape index (κ1) is 22.2. The summed E-state index contributed by atoms with van der Waals surface area (Å²) in [4.78, 5) is 21.0. The van der Waals surface area contributed by atoms with E-state index >= 15 is 0 Å². The van der Waals surface area contributed by atoms with Crippen LogP contribution >= 0.6 is 0 Å². The Balaban J connectivity index is 1.70. The number of hydrogen-bond acceptors (Lipinski definition) is 3. The standard InChI is InChI=1S/C24H18F4N4O/c25-14-15-8-10-16(11-9-15)21(22-18(24(26,27)28)5-3-13-30-22)32-23(33)31-20-7-1-6-19-17(20)4-2-12-29-19/h1-13,21H,14H2,(H2,31,32,33)/t21-/m0/s1. The van der Waals surface area contributed by atoms with Crippen molar-refractivity contribution >= 4 is 22.6 Å². The van der Waals surface area contributed by atoms with E-state index in [1.165, 1.54) is 36.5 Å². The van der Waals surface area contributed by atoms with Crippen molar-refractivity contribution in [3.05, 3.63) is 102 Å². The predicted octanol–water partition coefficient (Wildman–Crippen LogP) is 6.03. The molecule has 2 amide bonds. The zero-order valence-corrected chi connectivity index (χ0v) is 17.1. The lowest BCUT2D eigenvalue weighted by atomic mass is 9.98. The van der Waals surface area contributed by atoms with Crippen LogP contribution in [-0.2, 0) is 12.9 Å².